The number of fused-ring (bicyclic) bond motifs is 1. The van der Waals surface area contributed by atoms with Crippen molar-refractivity contribution in [3.63, 3.8) is 0 Å². The molecule has 0 aromatic heterocycles. The predicted molar refractivity (Wildman–Crippen MR) is 99.9 cm³/mol. The van der Waals surface area contributed by atoms with E-state index in [2.05, 4.69) is 5.32 Å². The van der Waals surface area contributed by atoms with Gasteiger partial charge in [0.1, 0.15) is 11.5 Å². The van der Waals surface area contributed by atoms with E-state index in [1.54, 1.807) is 30.0 Å². The lowest BCUT2D eigenvalue weighted by Gasteiger charge is -2.32. The Morgan fingerprint density at radius 1 is 1.23 bits per heavy atom. The van der Waals surface area contributed by atoms with Crippen molar-refractivity contribution in [1.29, 1.82) is 0 Å². The van der Waals surface area contributed by atoms with Crippen molar-refractivity contribution in [1.82, 2.24) is 0 Å². The number of likely N-dealkylation sites (N-methyl/N-ethyl adjacent to an activating group) is 1. The van der Waals surface area contributed by atoms with E-state index < -0.39 is 6.10 Å². The van der Waals surface area contributed by atoms with E-state index in [0.717, 1.165) is 5.56 Å². The van der Waals surface area contributed by atoms with Crippen molar-refractivity contribution < 1.29 is 19.1 Å². The number of amides is 2. The van der Waals surface area contributed by atoms with Crippen LogP contribution in [0.25, 0.3) is 0 Å². The number of nitrogens with zero attached hydrogens (tertiary/aromatic N) is 1. The number of ether oxygens (including phenoxy) is 2. The zero-order valence-corrected chi connectivity index (χ0v) is 15.1. The monoisotopic (exact) mass is 354 g/mol. The molecule has 0 radical (unpaired) electrons. The fraction of sp³-hybridized carbons (Fsp3) is 0.300. The van der Waals surface area contributed by atoms with Crippen molar-refractivity contribution in [2.75, 3.05) is 23.4 Å². The van der Waals surface area contributed by atoms with Crippen molar-refractivity contribution >= 4 is 23.2 Å². The number of rotatable bonds is 5. The van der Waals surface area contributed by atoms with Gasteiger partial charge in [-0.1, -0.05) is 17.7 Å². The molecular formula is C20H22N2O4. The summed E-state index contributed by atoms with van der Waals surface area (Å²) >= 11 is 0. The Hall–Kier alpha value is -3.02. The first-order valence-electron chi connectivity index (χ1n) is 8.59. The van der Waals surface area contributed by atoms with Crippen LogP contribution in [0.15, 0.2) is 42.5 Å². The van der Waals surface area contributed by atoms with E-state index in [1.165, 1.54) is 0 Å². The van der Waals surface area contributed by atoms with Crippen LogP contribution in [0.2, 0.25) is 0 Å². The molecule has 0 bridgehead atoms. The van der Waals surface area contributed by atoms with Crippen LogP contribution in [0.5, 0.6) is 11.5 Å². The normalized spacial score (nSPS) is 15.9. The molecule has 136 valence electrons. The SMILES string of the molecule is CCN1C(=O)C(C)Oc2ccc(NC(=O)COc3ccc(C)cc3)cc21. The highest BCUT2D eigenvalue weighted by atomic mass is 16.5. The first kappa shape index (κ1) is 17.8. The lowest BCUT2D eigenvalue weighted by Crippen LogP contribution is -2.44. The number of hydrogen-bond acceptors (Lipinski definition) is 4. The van der Waals surface area contributed by atoms with Crippen molar-refractivity contribution in [2.24, 2.45) is 0 Å². The summed E-state index contributed by atoms with van der Waals surface area (Å²) in [5.74, 6) is 0.908. The molecule has 1 aliphatic heterocycles. The Labute approximate surface area is 152 Å². The molecule has 3 rings (SSSR count). The van der Waals surface area contributed by atoms with E-state index in [4.69, 9.17) is 9.47 Å². The Bertz CT molecular complexity index is 817. The van der Waals surface area contributed by atoms with Crippen molar-refractivity contribution in [3.8, 4) is 11.5 Å². The third-order valence-electron chi connectivity index (χ3n) is 4.16. The van der Waals surface area contributed by atoms with Gasteiger partial charge in [0.15, 0.2) is 12.7 Å². The summed E-state index contributed by atoms with van der Waals surface area (Å²) in [4.78, 5) is 26.0. The standard InChI is InChI=1S/C20H22N2O4/c1-4-22-17-11-15(7-10-18(17)26-14(3)20(22)24)21-19(23)12-25-16-8-5-13(2)6-9-16/h5-11,14H,4,12H2,1-3H3,(H,21,23). The Morgan fingerprint density at radius 2 is 1.96 bits per heavy atom. The van der Waals surface area contributed by atoms with Gasteiger partial charge in [0.05, 0.1) is 5.69 Å². The number of benzene rings is 2. The molecule has 1 unspecified atom stereocenters. The molecule has 1 N–H and O–H groups in total. The Balaban J connectivity index is 1.67. The van der Waals surface area contributed by atoms with E-state index in [0.29, 0.717) is 29.4 Å². The average Bonchev–Trinajstić information content (AvgIpc) is 2.63. The number of carbonyl (C=O) groups excluding carboxylic acids is 2. The van der Waals surface area contributed by atoms with Crippen LogP contribution in [0, 0.1) is 6.92 Å². The number of anilines is 2. The van der Waals surface area contributed by atoms with Gasteiger partial charge in [-0.2, -0.15) is 0 Å². The number of nitrogens with one attached hydrogen (secondary N) is 1. The first-order chi connectivity index (χ1) is 12.5. The third kappa shape index (κ3) is 3.79. The number of carbonyl (C=O) groups is 2. The van der Waals surface area contributed by atoms with Crippen LogP contribution >= 0.6 is 0 Å². The van der Waals surface area contributed by atoms with Gasteiger partial charge in [0, 0.05) is 12.2 Å². The van der Waals surface area contributed by atoms with Gasteiger partial charge in [0.2, 0.25) is 0 Å². The van der Waals surface area contributed by atoms with Gasteiger partial charge in [-0.15, -0.1) is 0 Å². The van der Waals surface area contributed by atoms with Gasteiger partial charge in [-0.3, -0.25) is 9.59 Å². The fourth-order valence-electron chi connectivity index (χ4n) is 2.79. The van der Waals surface area contributed by atoms with Crippen molar-refractivity contribution in [3.05, 3.63) is 48.0 Å². The summed E-state index contributed by atoms with van der Waals surface area (Å²) in [6.45, 7) is 6.06. The average molecular weight is 354 g/mol. The minimum atomic E-state index is -0.509. The highest BCUT2D eigenvalue weighted by Gasteiger charge is 2.30. The Morgan fingerprint density at radius 3 is 2.65 bits per heavy atom. The summed E-state index contributed by atoms with van der Waals surface area (Å²) in [5.41, 5.74) is 2.38. The topological polar surface area (TPSA) is 67.9 Å². The van der Waals surface area contributed by atoms with Crippen LogP contribution in [-0.4, -0.2) is 31.1 Å². The molecule has 0 spiro atoms. The maximum atomic E-state index is 12.2. The maximum Gasteiger partial charge on any atom is 0.267 e. The summed E-state index contributed by atoms with van der Waals surface area (Å²) in [5, 5.41) is 2.79. The molecule has 6 nitrogen and oxygen atoms in total. The highest BCUT2D eigenvalue weighted by molar-refractivity contribution is 6.01. The minimum absolute atomic E-state index is 0.0915. The first-order valence-corrected chi connectivity index (χ1v) is 8.59. The molecule has 2 aromatic carbocycles. The molecule has 1 atom stereocenters. The van der Waals surface area contributed by atoms with Crippen LogP contribution in [0.4, 0.5) is 11.4 Å². The zero-order valence-electron chi connectivity index (χ0n) is 15.1. The van der Waals surface area contributed by atoms with E-state index in [1.807, 2.05) is 38.1 Å². The fourth-order valence-corrected chi connectivity index (χ4v) is 2.79. The Kier molecular flexibility index (Phi) is 5.11. The molecule has 0 saturated carbocycles. The number of hydrogen-bond donors (Lipinski definition) is 1. The molecule has 26 heavy (non-hydrogen) atoms. The van der Waals surface area contributed by atoms with Gasteiger partial charge in [0.25, 0.3) is 11.8 Å². The van der Waals surface area contributed by atoms with Gasteiger partial charge < -0.3 is 19.7 Å². The smallest absolute Gasteiger partial charge is 0.267 e. The zero-order chi connectivity index (χ0) is 18.7. The second-order valence-electron chi connectivity index (χ2n) is 6.17. The molecule has 2 amide bonds. The van der Waals surface area contributed by atoms with Gasteiger partial charge in [-0.25, -0.2) is 0 Å². The molecule has 1 heterocycles. The quantitative estimate of drug-likeness (QED) is 0.896. The van der Waals surface area contributed by atoms with E-state index in [9.17, 15) is 9.59 Å². The predicted octanol–water partition coefficient (Wildman–Crippen LogP) is 3.15. The minimum Gasteiger partial charge on any atom is -0.484 e. The second-order valence-corrected chi connectivity index (χ2v) is 6.17. The van der Waals surface area contributed by atoms with E-state index >= 15 is 0 Å². The lowest BCUT2D eigenvalue weighted by atomic mass is 10.1. The summed E-state index contributed by atoms with van der Waals surface area (Å²) in [6.07, 6.45) is -0.509. The van der Waals surface area contributed by atoms with E-state index in [-0.39, 0.29) is 18.4 Å². The lowest BCUT2D eigenvalue weighted by molar-refractivity contribution is -0.125. The highest BCUT2D eigenvalue weighted by Crippen LogP contribution is 2.36. The van der Waals surface area contributed by atoms with Crippen LogP contribution in [0.3, 0.4) is 0 Å². The summed E-state index contributed by atoms with van der Waals surface area (Å²) in [7, 11) is 0. The van der Waals surface area contributed by atoms with Crippen LogP contribution in [0.1, 0.15) is 19.4 Å². The summed E-state index contributed by atoms with van der Waals surface area (Å²) < 4.78 is 11.1. The molecule has 0 fully saturated rings. The molecular weight excluding hydrogens is 332 g/mol. The molecule has 6 heteroatoms. The maximum absolute atomic E-state index is 12.2. The van der Waals surface area contributed by atoms with Crippen molar-refractivity contribution in [2.45, 2.75) is 26.9 Å². The second kappa shape index (κ2) is 7.47. The number of aryl methyl sites for hydroxylation is 1. The molecule has 0 aliphatic carbocycles. The van der Waals surface area contributed by atoms with Gasteiger partial charge >= 0.3 is 0 Å². The molecule has 0 saturated heterocycles. The van der Waals surface area contributed by atoms with Crippen LogP contribution in [-0.2, 0) is 9.59 Å². The summed E-state index contributed by atoms with van der Waals surface area (Å²) in [6, 6.07) is 12.8. The van der Waals surface area contributed by atoms with Gasteiger partial charge in [-0.05, 0) is 51.1 Å². The molecule has 2 aromatic rings. The largest absolute Gasteiger partial charge is 0.484 e. The molecule has 1 aliphatic rings. The third-order valence-corrected chi connectivity index (χ3v) is 4.16. The van der Waals surface area contributed by atoms with Crippen LogP contribution < -0.4 is 19.7 Å².